The highest BCUT2D eigenvalue weighted by Crippen LogP contribution is 2.16. The van der Waals surface area contributed by atoms with Crippen LogP contribution in [0.25, 0.3) is 0 Å². The van der Waals surface area contributed by atoms with Crippen molar-refractivity contribution < 1.29 is 26.5 Å². The summed E-state index contributed by atoms with van der Waals surface area (Å²) in [4.78, 5) is 0.886. The first-order valence-electron chi connectivity index (χ1n) is 12.3. The fourth-order valence-corrected chi connectivity index (χ4v) is 7.96. The monoisotopic (exact) mass is 512 g/mol. The third-order valence-electron chi connectivity index (χ3n) is 6.03. The number of hydrogen-bond donors (Lipinski definition) is 0. The molecule has 0 saturated heterocycles. The van der Waals surface area contributed by atoms with Crippen molar-refractivity contribution in [3.8, 4) is 0 Å². The molecule has 0 N–H and O–H groups in total. The summed E-state index contributed by atoms with van der Waals surface area (Å²) in [7, 11) is 3.78. The first-order valence-corrected chi connectivity index (χ1v) is 16.0. The van der Waals surface area contributed by atoms with Crippen molar-refractivity contribution in [2.24, 2.45) is 0 Å². The second-order valence-electron chi connectivity index (χ2n) is 8.73. The maximum Gasteiger partial charge on any atom is 0.152 e. The molecule has 0 amide bonds. The molecule has 0 radical (unpaired) electrons. The molecule has 1 atom stereocenters. The number of ether oxygens (including phenoxy) is 2. The number of hydrogen-bond acceptors (Lipinski definition) is 2. The van der Waals surface area contributed by atoms with E-state index in [1.807, 2.05) is 0 Å². The minimum Gasteiger partial charge on any atom is -1.00 e. The normalized spacial score (nSPS) is 12.9. The van der Waals surface area contributed by atoms with Crippen molar-refractivity contribution in [2.75, 3.05) is 26.7 Å². The lowest BCUT2D eigenvalue weighted by atomic mass is 10.0. The topological polar surface area (TPSA) is 18.5 Å². The third-order valence-corrected chi connectivity index (χ3v) is 12.2. The average Bonchev–Trinajstić information content (AvgIpc) is 2.69. The van der Waals surface area contributed by atoms with Crippen LogP contribution >= 0.6 is 0 Å². The first kappa shape index (κ1) is 32.1. The van der Waals surface area contributed by atoms with Crippen molar-refractivity contribution in [3.63, 3.8) is 0 Å². The second kappa shape index (κ2) is 25.2. The van der Waals surface area contributed by atoms with Crippen LogP contribution < -0.4 is 17.0 Å². The Morgan fingerprint density at radius 2 is 0.966 bits per heavy atom. The molecule has 0 aliphatic heterocycles. The molecule has 0 bridgehead atoms. The van der Waals surface area contributed by atoms with Gasteiger partial charge in [0.25, 0.3) is 0 Å². The third kappa shape index (κ3) is 22.0. The largest absolute Gasteiger partial charge is 1.00 e. The van der Waals surface area contributed by atoms with Crippen molar-refractivity contribution in [2.45, 2.75) is 127 Å². The maximum atomic E-state index is 5.46. The van der Waals surface area contributed by atoms with E-state index in [1.54, 1.807) is 14.2 Å². The molecule has 0 spiro atoms. The van der Waals surface area contributed by atoms with Crippen LogP contribution in [0.15, 0.2) is 0 Å². The quantitative estimate of drug-likeness (QED) is 0.0954. The van der Waals surface area contributed by atoms with E-state index in [0.717, 1.165) is 4.87 Å². The minimum absolute atomic E-state index is 0. The van der Waals surface area contributed by atoms with Crippen LogP contribution in [0.4, 0.5) is 0 Å². The fraction of sp³-hybridized carbons (Fsp3) is 1.00. The molecule has 2 nitrogen and oxygen atoms in total. The van der Waals surface area contributed by atoms with E-state index in [-0.39, 0.29) is 32.4 Å². The van der Waals surface area contributed by atoms with Gasteiger partial charge >= 0.3 is 0 Å². The minimum atomic E-state index is -0.306. The van der Waals surface area contributed by atoms with Crippen LogP contribution in [0.2, 0.25) is 0 Å². The zero-order valence-corrected chi connectivity index (χ0v) is 24.3. The van der Waals surface area contributed by atoms with Crippen LogP contribution in [0, 0.1) is 0 Å². The van der Waals surface area contributed by atoms with Crippen LogP contribution in [0.1, 0.15) is 116 Å². The van der Waals surface area contributed by atoms with Gasteiger partial charge in [0.05, 0.1) is 12.5 Å². The van der Waals surface area contributed by atoms with Gasteiger partial charge in [-0.15, -0.1) is 0 Å². The molecule has 178 valence electrons. The van der Waals surface area contributed by atoms with E-state index in [9.17, 15) is 0 Å². The Morgan fingerprint density at radius 3 is 1.28 bits per heavy atom. The van der Waals surface area contributed by atoms with Gasteiger partial charge in [-0.25, -0.2) is 0 Å². The standard InChI is InChI=1S/C24H53O2SSi.BrH/c1-6-7-8-9-10-11-12-13-14-15-16-17-18-19-20-21-22-23(27(4)5)28-24(25-2)26-3;/h23-24H,6-22,28H2,1-5H3;1H/q+1;/p-1. The summed E-state index contributed by atoms with van der Waals surface area (Å²) in [5, 5.41) is 0. The summed E-state index contributed by atoms with van der Waals surface area (Å²) in [5.74, 6) is 0.112. The Morgan fingerprint density at radius 1 is 0.621 bits per heavy atom. The summed E-state index contributed by atoms with van der Waals surface area (Å²) >= 11 is 0. The van der Waals surface area contributed by atoms with E-state index in [0.29, 0.717) is 10.9 Å². The first-order chi connectivity index (χ1) is 13.7. The lowest BCUT2D eigenvalue weighted by molar-refractivity contribution is -0.0443. The Kier molecular flexibility index (Phi) is 28.0. The number of rotatable bonds is 22. The highest BCUT2D eigenvalue weighted by atomic mass is 79.9. The van der Waals surface area contributed by atoms with E-state index in [2.05, 4.69) is 19.4 Å². The molecular weight excluding hydrogens is 460 g/mol. The summed E-state index contributed by atoms with van der Waals surface area (Å²) in [5.41, 5.74) is 0. The van der Waals surface area contributed by atoms with Gasteiger partial charge in [-0.2, -0.15) is 0 Å². The molecule has 29 heavy (non-hydrogen) atoms. The fourth-order valence-electron chi connectivity index (χ4n) is 3.97. The molecule has 5 heteroatoms. The highest BCUT2D eigenvalue weighted by Gasteiger charge is 2.26. The van der Waals surface area contributed by atoms with Crippen LogP contribution in [-0.4, -0.2) is 47.0 Å². The lowest BCUT2D eigenvalue weighted by Gasteiger charge is -2.18. The summed E-state index contributed by atoms with van der Waals surface area (Å²) in [6.45, 7) is 2.30. The molecule has 0 fully saturated rings. The van der Waals surface area contributed by atoms with E-state index in [4.69, 9.17) is 9.47 Å². The molecule has 0 heterocycles. The summed E-state index contributed by atoms with van der Waals surface area (Å²) in [6.07, 6.45) is 29.3. The van der Waals surface area contributed by atoms with E-state index >= 15 is 0 Å². The highest BCUT2D eigenvalue weighted by molar-refractivity contribution is 7.97. The molecule has 0 aliphatic rings. The Bertz CT molecular complexity index is 305. The van der Waals surface area contributed by atoms with Crippen molar-refractivity contribution in [1.29, 1.82) is 0 Å². The maximum absolute atomic E-state index is 5.46. The predicted octanol–water partition coefficient (Wildman–Crippen LogP) is 3.59. The van der Waals surface area contributed by atoms with Gasteiger partial charge < -0.3 is 26.5 Å². The molecule has 0 aliphatic carbocycles. The molecular formula is C24H53BrO2SSi. The van der Waals surface area contributed by atoms with Crippen LogP contribution in [-0.2, 0) is 20.4 Å². The van der Waals surface area contributed by atoms with Gasteiger partial charge in [-0.1, -0.05) is 103 Å². The molecule has 1 unspecified atom stereocenters. The van der Waals surface area contributed by atoms with Crippen molar-refractivity contribution >= 4 is 20.4 Å². The smallest absolute Gasteiger partial charge is 0.152 e. The number of halogens is 1. The number of methoxy groups -OCH3 is 2. The van der Waals surface area contributed by atoms with E-state index in [1.165, 1.54) is 109 Å². The Labute approximate surface area is 200 Å². The molecule has 0 aromatic heterocycles. The van der Waals surface area contributed by atoms with E-state index < -0.39 is 0 Å². The SMILES string of the molecule is CCCCCCCCCCCCCCCCCCC([SiH2]C(OC)OC)[S+](C)C.[Br-]. The lowest BCUT2D eigenvalue weighted by Crippen LogP contribution is -3.00. The zero-order valence-electron chi connectivity index (χ0n) is 20.5. The van der Waals surface area contributed by atoms with Crippen LogP contribution in [0.3, 0.4) is 0 Å². The van der Waals surface area contributed by atoms with Gasteiger partial charge in [0.1, 0.15) is 10.8 Å². The van der Waals surface area contributed by atoms with Gasteiger partial charge in [0.15, 0.2) is 9.52 Å². The average molecular weight is 514 g/mol. The van der Waals surface area contributed by atoms with Gasteiger partial charge in [-0.3, -0.25) is 0 Å². The van der Waals surface area contributed by atoms with Crippen molar-refractivity contribution in [1.82, 2.24) is 0 Å². The number of unbranched alkanes of at least 4 members (excludes halogenated alkanes) is 15. The van der Waals surface area contributed by atoms with Crippen molar-refractivity contribution in [3.05, 3.63) is 0 Å². The van der Waals surface area contributed by atoms with Crippen LogP contribution in [0.5, 0.6) is 0 Å². The summed E-state index contributed by atoms with van der Waals surface area (Å²) < 4.78 is 10.9. The van der Waals surface area contributed by atoms with Gasteiger partial charge in [0, 0.05) is 14.2 Å². The summed E-state index contributed by atoms with van der Waals surface area (Å²) in [6, 6.07) is 0. The molecule has 0 saturated carbocycles. The second-order valence-corrected chi connectivity index (χ2v) is 13.9. The zero-order chi connectivity index (χ0) is 20.9. The molecule has 0 aromatic rings. The van der Waals surface area contributed by atoms with Gasteiger partial charge in [-0.05, 0) is 23.7 Å². The Hall–Kier alpha value is 0.967. The predicted molar refractivity (Wildman–Crippen MR) is 134 cm³/mol. The van der Waals surface area contributed by atoms with Gasteiger partial charge in [0.2, 0.25) is 0 Å². The molecule has 0 rings (SSSR count). The molecule has 0 aromatic carbocycles. The Balaban J connectivity index is 0.